The van der Waals surface area contributed by atoms with Gasteiger partial charge in [0.05, 0.1) is 18.8 Å². The Kier molecular flexibility index (Phi) is 7.07. The van der Waals surface area contributed by atoms with Crippen LogP contribution in [0.3, 0.4) is 0 Å². The van der Waals surface area contributed by atoms with Crippen LogP contribution in [-0.2, 0) is 0 Å². The summed E-state index contributed by atoms with van der Waals surface area (Å²) < 4.78 is 34.0. The lowest BCUT2D eigenvalue weighted by atomic mass is 9.95. The number of hydrogen-bond acceptors (Lipinski definition) is 4. The number of hydrogen-bond donors (Lipinski definition) is 2. The van der Waals surface area contributed by atoms with Crippen molar-refractivity contribution in [2.45, 2.75) is 45.3 Å². The second kappa shape index (κ2) is 9.05. The fourth-order valence-electron chi connectivity index (χ4n) is 2.63. The number of aromatic nitrogens is 3. The molecule has 2 rings (SSSR count). The van der Waals surface area contributed by atoms with Crippen LogP contribution in [0.25, 0.3) is 0 Å². The second-order valence-electron chi connectivity index (χ2n) is 6.24. The summed E-state index contributed by atoms with van der Waals surface area (Å²) in [6.45, 7) is 4.14. The molecule has 0 bridgehead atoms. The maximum atomic E-state index is 13.5. The van der Waals surface area contributed by atoms with Gasteiger partial charge in [-0.05, 0) is 49.5 Å². The van der Waals surface area contributed by atoms with Crippen molar-refractivity contribution in [1.82, 2.24) is 14.8 Å². The first-order chi connectivity index (χ1) is 11.9. The van der Waals surface area contributed by atoms with Crippen molar-refractivity contribution in [1.29, 1.82) is 0 Å². The molecule has 1 heterocycles. The highest BCUT2D eigenvalue weighted by Crippen LogP contribution is 2.24. The Morgan fingerprint density at radius 1 is 1.32 bits per heavy atom. The van der Waals surface area contributed by atoms with E-state index in [2.05, 4.69) is 10.1 Å². The fourth-order valence-corrected chi connectivity index (χ4v) is 2.87. The van der Waals surface area contributed by atoms with Gasteiger partial charge in [0, 0.05) is 0 Å². The summed E-state index contributed by atoms with van der Waals surface area (Å²) in [5, 5.41) is 13.4. The highest BCUT2D eigenvalue weighted by atomic mass is 32.1. The van der Waals surface area contributed by atoms with E-state index in [9.17, 15) is 13.9 Å². The molecule has 0 spiro atoms. The van der Waals surface area contributed by atoms with Crippen molar-refractivity contribution < 1.29 is 18.6 Å². The van der Waals surface area contributed by atoms with Gasteiger partial charge in [-0.25, -0.2) is 9.37 Å². The molecule has 0 aliphatic heterocycles. The molecular weight excluding hydrogens is 348 g/mol. The first kappa shape index (κ1) is 19.5. The summed E-state index contributed by atoms with van der Waals surface area (Å²) in [5.41, 5.74) is 0. The maximum absolute atomic E-state index is 13.5. The smallest absolute Gasteiger partial charge is 0.216 e. The molecule has 2 aromatic rings. The first-order valence-electron chi connectivity index (χ1n) is 8.28. The molecule has 1 aromatic heterocycles. The number of aromatic amines is 1. The molecule has 0 aliphatic rings. The zero-order valence-electron chi connectivity index (χ0n) is 14.3. The van der Waals surface area contributed by atoms with Crippen molar-refractivity contribution in [2.75, 3.05) is 6.61 Å². The average Bonchev–Trinajstić information content (AvgIpc) is 2.99. The average molecular weight is 371 g/mol. The van der Waals surface area contributed by atoms with Gasteiger partial charge in [-0.1, -0.05) is 19.9 Å². The van der Waals surface area contributed by atoms with Crippen LogP contribution in [0.1, 0.15) is 39.2 Å². The van der Waals surface area contributed by atoms with E-state index in [0.29, 0.717) is 17.6 Å². The summed E-state index contributed by atoms with van der Waals surface area (Å²) in [7, 11) is 0. The molecule has 0 saturated heterocycles. The standard InChI is InChI=1S/C17H23F2N3O2S/c1-11(2)16(23)13(22-17(25)20-10-21-22)7-3-4-9-24-14-8-5-6-12(18)15(14)19/h5-6,8,10-11,13,16,23H,3-4,7,9H2,1-2H3,(H,20,21,25). The number of rotatable bonds is 9. The second-order valence-corrected chi connectivity index (χ2v) is 6.60. The van der Waals surface area contributed by atoms with Gasteiger partial charge in [-0.3, -0.25) is 9.78 Å². The van der Waals surface area contributed by atoms with Gasteiger partial charge in [-0.2, -0.15) is 4.39 Å². The number of nitrogens with one attached hydrogen (secondary N) is 1. The summed E-state index contributed by atoms with van der Waals surface area (Å²) in [4.78, 5) is 3.99. The molecule has 1 aromatic carbocycles. The number of benzene rings is 1. The largest absolute Gasteiger partial charge is 0.490 e. The molecule has 0 fully saturated rings. The molecular formula is C17H23F2N3O2S. The molecule has 0 saturated carbocycles. The normalized spacial score (nSPS) is 13.8. The minimum atomic E-state index is -0.973. The summed E-state index contributed by atoms with van der Waals surface area (Å²) in [6.07, 6.45) is 2.95. The van der Waals surface area contributed by atoms with Crippen LogP contribution in [0.4, 0.5) is 8.78 Å². The van der Waals surface area contributed by atoms with E-state index < -0.39 is 17.7 Å². The van der Waals surface area contributed by atoms with Crippen LogP contribution in [0.15, 0.2) is 24.5 Å². The van der Waals surface area contributed by atoms with Gasteiger partial charge in [-0.15, -0.1) is 0 Å². The third-order valence-corrected chi connectivity index (χ3v) is 4.36. The van der Waals surface area contributed by atoms with Crippen LogP contribution in [0, 0.1) is 22.3 Å². The Balaban J connectivity index is 1.88. The lowest BCUT2D eigenvalue weighted by molar-refractivity contribution is 0.0574. The van der Waals surface area contributed by atoms with Crippen molar-refractivity contribution in [3.8, 4) is 5.75 Å². The van der Waals surface area contributed by atoms with Crippen molar-refractivity contribution in [2.24, 2.45) is 5.92 Å². The van der Waals surface area contributed by atoms with E-state index >= 15 is 0 Å². The summed E-state index contributed by atoms with van der Waals surface area (Å²) in [6, 6.07) is 3.63. The van der Waals surface area contributed by atoms with Gasteiger partial charge in [0.15, 0.2) is 11.6 Å². The van der Waals surface area contributed by atoms with Crippen LogP contribution >= 0.6 is 12.2 Å². The van der Waals surface area contributed by atoms with Crippen molar-refractivity contribution in [3.05, 3.63) is 40.9 Å². The lowest BCUT2D eigenvalue weighted by Crippen LogP contribution is -2.29. The van der Waals surface area contributed by atoms with Crippen LogP contribution in [0.2, 0.25) is 0 Å². The number of aliphatic hydroxyl groups is 1. The molecule has 2 atom stereocenters. The Hall–Kier alpha value is -1.80. The molecule has 8 heteroatoms. The number of halogens is 2. The molecule has 0 amide bonds. The van der Waals surface area contributed by atoms with Crippen molar-refractivity contribution in [3.63, 3.8) is 0 Å². The van der Waals surface area contributed by atoms with Crippen molar-refractivity contribution >= 4 is 12.2 Å². The van der Waals surface area contributed by atoms with E-state index in [1.165, 1.54) is 18.5 Å². The Labute approximate surface area is 150 Å². The van der Waals surface area contributed by atoms with Crippen LogP contribution in [-0.4, -0.2) is 32.6 Å². The van der Waals surface area contributed by atoms with E-state index in [0.717, 1.165) is 12.5 Å². The third kappa shape index (κ3) is 5.09. The zero-order chi connectivity index (χ0) is 18.4. The Morgan fingerprint density at radius 2 is 2.08 bits per heavy atom. The molecule has 25 heavy (non-hydrogen) atoms. The van der Waals surface area contributed by atoms with E-state index in [1.807, 2.05) is 13.8 Å². The van der Waals surface area contributed by atoms with Gasteiger partial charge >= 0.3 is 0 Å². The predicted octanol–water partition coefficient (Wildman–Crippen LogP) is 4.03. The predicted molar refractivity (Wildman–Crippen MR) is 93.0 cm³/mol. The minimum Gasteiger partial charge on any atom is -0.490 e. The quantitative estimate of drug-likeness (QED) is 0.516. The van der Waals surface area contributed by atoms with Gasteiger partial charge in [0.1, 0.15) is 6.33 Å². The lowest BCUT2D eigenvalue weighted by Gasteiger charge is -2.26. The highest BCUT2D eigenvalue weighted by molar-refractivity contribution is 7.71. The zero-order valence-corrected chi connectivity index (χ0v) is 15.1. The Morgan fingerprint density at radius 3 is 2.72 bits per heavy atom. The third-order valence-electron chi connectivity index (χ3n) is 4.05. The summed E-state index contributed by atoms with van der Waals surface area (Å²) in [5.74, 6) is -1.92. The molecule has 2 unspecified atom stereocenters. The van der Waals surface area contributed by atoms with E-state index in [4.69, 9.17) is 17.0 Å². The summed E-state index contributed by atoms with van der Waals surface area (Å²) >= 11 is 5.17. The highest BCUT2D eigenvalue weighted by Gasteiger charge is 2.24. The maximum Gasteiger partial charge on any atom is 0.216 e. The number of H-pyrrole nitrogens is 1. The fraction of sp³-hybridized carbons (Fsp3) is 0.529. The minimum absolute atomic E-state index is 0.0628. The van der Waals surface area contributed by atoms with Gasteiger partial charge in [0.25, 0.3) is 0 Å². The SMILES string of the molecule is CC(C)C(O)C(CCCCOc1cccc(F)c1F)n1[nH]cnc1=S. The van der Waals surface area contributed by atoms with E-state index in [-0.39, 0.29) is 24.3 Å². The van der Waals surface area contributed by atoms with Crippen LogP contribution in [0.5, 0.6) is 5.75 Å². The molecule has 0 radical (unpaired) electrons. The number of ether oxygens (including phenoxy) is 1. The van der Waals surface area contributed by atoms with Crippen LogP contribution < -0.4 is 4.74 Å². The molecule has 5 nitrogen and oxygen atoms in total. The Bertz CT molecular complexity index is 733. The monoisotopic (exact) mass is 371 g/mol. The number of unbranched alkanes of at least 4 members (excludes halogenated alkanes) is 1. The number of nitrogens with zero attached hydrogens (tertiary/aromatic N) is 2. The number of aliphatic hydroxyl groups excluding tert-OH is 1. The first-order valence-corrected chi connectivity index (χ1v) is 8.69. The van der Waals surface area contributed by atoms with Gasteiger partial charge in [0.2, 0.25) is 10.6 Å². The topological polar surface area (TPSA) is 63.1 Å². The molecule has 0 aliphatic carbocycles. The molecule has 138 valence electrons. The van der Waals surface area contributed by atoms with Gasteiger partial charge < -0.3 is 9.84 Å². The van der Waals surface area contributed by atoms with E-state index in [1.54, 1.807) is 4.68 Å². The molecule has 2 N–H and O–H groups in total.